The Morgan fingerprint density at radius 3 is 2.65 bits per heavy atom. The molecule has 0 radical (unpaired) electrons. The van der Waals surface area contributed by atoms with Crippen molar-refractivity contribution in [2.75, 3.05) is 13.7 Å². The van der Waals surface area contributed by atoms with E-state index in [0.29, 0.717) is 16.6 Å². The lowest BCUT2D eigenvalue weighted by atomic mass is 10.2. The van der Waals surface area contributed by atoms with E-state index >= 15 is 0 Å². The van der Waals surface area contributed by atoms with Crippen molar-refractivity contribution in [3.05, 3.63) is 33.8 Å². The lowest BCUT2D eigenvalue weighted by Gasteiger charge is -2.19. The topological polar surface area (TPSA) is 29.5 Å². The maximum atomic E-state index is 12.0. The molecule has 1 aromatic rings. The molecule has 0 N–H and O–H groups in total. The van der Waals surface area contributed by atoms with Gasteiger partial charge in [-0.25, -0.2) is 0 Å². The van der Waals surface area contributed by atoms with Gasteiger partial charge in [0.2, 0.25) is 5.91 Å². The third-order valence-electron chi connectivity index (χ3n) is 3.57. The Labute approximate surface area is 129 Å². The number of likely N-dealkylation sites (N-methyl/N-ethyl adjacent to an activating group) is 1. The molecule has 1 saturated carbocycles. The molecule has 1 amide bonds. The zero-order valence-electron chi connectivity index (χ0n) is 11.6. The van der Waals surface area contributed by atoms with Crippen LogP contribution in [0.1, 0.15) is 31.2 Å². The van der Waals surface area contributed by atoms with Gasteiger partial charge in [-0.1, -0.05) is 42.1 Å². The van der Waals surface area contributed by atoms with Crippen molar-refractivity contribution in [1.82, 2.24) is 4.90 Å². The Bertz CT molecular complexity index is 473. The van der Waals surface area contributed by atoms with E-state index in [9.17, 15) is 4.79 Å². The van der Waals surface area contributed by atoms with Crippen molar-refractivity contribution in [1.29, 1.82) is 0 Å². The number of halogens is 2. The standard InChI is InChI=1S/C15H19Cl2NO2/c1-18(9-11-6-7-13(16)14(17)8-11)15(19)10-20-12-4-2-3-5-12/h6-8,12H,2-5,9-10H2,1H3. The van der Waals surface area contributed by atoms with Crippen molar-refractivity contribution < 1.29 is 9.53 Å². The van der Waals surface area contributed by atoms with E-state index < -0.39 is 0 Å². The molecule has 0 unspecified atom stereocenters. The van der Waals surface area contributed by atoms with Crippen LogP contribution < -0.4 is 0 Å². The van der Waals surface area contributed by atoms with Gasteiger partial charge >= 0.3 is 0 Å². The number of benzene rings is 1. The van der Waals surface area contributed by atoms with E-state index in [4.69, 9.17) is 27.9 Å². The predicted molar refractivity (Wildman–Crippen MR) is 81.1 cm³/mol. The lowest BCUT2D eigenvalue weighted by Crippen LogP contribution is -2.31. The zero-order valence-corrected chi connectivity index (χ0v) is 13.1. The van der Waals surface area contributed by atoms with Crippen molar-refractivity contribution in [3.8, 4) is 0 Å². The molecule has 3 nitrogen and oxygen atoms in total. The van der Waals surface area contributed by atoms with Gasteiger partial charge in [-0.05, 0) is 30.5 Å². The summed E-state index contributed by atoms with van der Waals surface area (Å²) in [5, 5.41) is 1.03. The average Bonchev–Trinajstić information content (AvgIpc) is 2.93. The summed E-state index contributed by atoms with van der Waals surface area (Å²) in [5.41, 5.74) is 0.955. The molecular formula is C15H19Cl2NO2. The average molecular weight is 316 g/mol. The number of hydrogen-bond donors (Lipinski definition) is 0. The van der Waals surface area contributed by atoms with E-state index in [1.54, 1.807) is 24.1 Å². The molecular weight excluding hydrogens is 297 g/mol. The first-order valence-corrected chi connectivity index (χ1v) is 7.61. The highest BCUT2D eigenvalue weighted by Gasteiger charge is 2.18. The largest absolute Gasteiger partial charge is 0.368 e. The number of hydrogen-bond acceptors (Lipinski definition) is 2. The van der Waals surface area contributed by atoms with Crippen LogP contribution >= 0.6 is 23.2 Å². The highest BCUT2D eigenvalue weighted by Crippen LogP contribution is 2.23. The lowest BCUT2D eigenvalue weighted by molar-refractivity contribution is -0.137. The normalized spacial score (nSPS) is 15.6. The summed E-state index contributed by atoms with van der Waals surface area (Å²) in [6, 6.07) is 5.40. The van der Waals surface area contributed by atoms with Crippen molar-refractivity contribution >= 4 is 29.1 Å². The maximum Gasteiger partial charge on any atom is 0.248 e. The van der Waals surface area contributed by atoms with E-state index in [1.807, 2.05) is 6.07 Å². The third-order valence-corrected chi connectivity index (χ3v) is 4.31. The summed E-state index contributed by atoms with van der Waals surface area (Å²) in [5.74, 6) is -0.0111. The van der Waals surface area contributed by atoms with Gasteiger partial charge in [0.15, 0.2) is 0 Å². The molecule has 0 heterocycles. The number of carbonyl (C=O) groups excluding carboxylic acids is 1. The quantitative estimate of drug-likeness (QED) is 0.824. The Balaban J connectivity index is 1.81. The zero-order chi connectivity index (χ0) is 14.5. The van der Waals surface area contributed by atoms with Crippen molar-refractivity contribution in [2.24, 2.45) is 0 Å². The molecule has 0 saturated heterocycles. The highest BCUT2D eigenvalue weighted by atomic mass is 35.5. The number of carbonyl (C=O) groups is 1. The molecule has 110 valence electrons. The van der Waals surface area contributed by atoms with E-state index in [1.165, 1.54) is 12.8 Å². The third kappa shape index (κ3) is 4.37. The number of nitrogens with zero attached hydrogens (tertiary/aromatic N) is 1. The molecule has 0 spiro atoms. The molecule has 1 aliphatic rings. The van der Waals surface area contributed by atoms with E-state index in [2.05, 4.69) is 0 Å². The van der Waals surface area contributed by atoms with Crippen LogP contribution in [0.2, 0.25) is 10.0 Å². The van der Waals surface area contributed by atoms with Gasteiger partial charge in [-0.2, -0.15) is 0 Å². The molecule has 0 bridgehead atoms. The summed E-state index contributed by atoms with van der Waals surface area (Å²) in [7, 11) is 1.77. The molecule has 20 heavy (non-hydrogen) atoms. The van der Waals surface area contributed by atoms with Gasteiger partial charge in [-0.3, -0.25) is 4.79 Å². The van der Waals surface area contributed by atoms with Crippen LogP contribution in [0.4, 0.5) is 0 Å². The van der Waals surface area contributed by atoms with Crippen molar-refractivity contribution in [3.63, 3.8) is 0 Å². The van der Waals surface area contributed by atoms with Gasteiger partial charge in [0, 0.05) is 13.6 Å². The van der Waals surface area contributed by atoms with Crippen LogP contribution in [-0.2, 0) is 16.1 Å². The van der Waals surface area contributed by atoms with Gasteiger partial charge < -0.3 is 9.64 Å². The van der Waals surface area contributed by atoms with Crippen molar-refractivity contribution in [2.45, 2.75) is 38.3 Å². The fraction of sp³-hybridized carbons (Fsp3) is 0.533. The fourth-order valence-electron chi connectivity index (χ4n) is 2.35. The van der Waals surface area contributed by atoms with Gasteiger partial charge in [0.1, 0.15) is 6.61 Å². The summed E-state index contributed by atoms with van der Waals surface area (Å²) >= 11 is 11.8. The van der Waals surface area contributed by atoms with Crippen LogP contribution in [0.25, 0.3) is 0 Å². The molecule has 0 atom stereocenters. The summed E-state index contributed by atoms with van der Waals surface area (Å²) < 4.78 is 5.63. The second-order valence-electron chi connectivity index (χ2n) is 5.22. The number of rotatable bonds is 5. The minimum absolute atomic E-state index is 0.0111. The van der Waals surface area contributed by atoms with Crippen LogP contribution in [-0.4, -0.2) is 30.6 Å². The molecule has 2 rings (SSSR count). The SMILES string of the molecule is CN(Cc1ccc(Cl)c(Cl)c1)C(=O)COC1CCCC1. The molecule has 5 heteroatoms. The second-order valence-corrected chi connectivity index (χ2v) is 6.03. The first-order chi connectivity index (χ1) is 9.56. The van der Waals surface area contributed by atoms with Gasteiger partial charge in [-0.15, -0.1) is 0 Å². The summed E-state index contributed by atoms with van der Waals surface area (Å²) in [6.07, 6.45) is 4.82. The Kier molecular flexibility index (Phi) is 5.70. The second kappa shape index (κ2) is 7.30. The van der Waals surface area contributed by atoms with Gasteiger partial charge in [0.25, 0.3) is 0 Å². The molecule has 0 aliphatic heterocycles. The number of ether oxygens (including phenoxy) is 1. The molecule has 1 fully saturated rings. The predicted octanol–water partition coefficient (Wildman–Crippen LogP) is 3.91. The molecule has 1 aliphatic carbocycles. The molecule has 1 aromatic carbocycles. The fourth-order valence-corrected chi connectivity index (χ4v) is 2.68. The molecule has 0 aromatic heterocycles. The number of amides is 1. The monoisotopic (exact) mass is 315 g/mol. The van der Waals surface area contributed by atoms with Crippen LogP contribution in [0.15, 0.2) is 18.2 Å². The van der Waals surface area contributed by atoms with Crippen LogP contribution in [0.3, 0.4) is 0 Å². The minimum Gasteiger partial charge on any atom is -0.368 e. The maximum absolute atomic E-state index is 12.0. The van der Waals surface area contributed by atoms with Gasteiger partial charge in [0.05, 0.1) is 16.1 Å². The Hall–Kier alpha value is -0.770. The summed E-state index contributed by atoms with van der Waals surface area (Å²) in [4.78, 5) is 13.6. The Morgan fingerprint density at radius 1 is 1.30 bits per heavy atom. The van der Waals surface area contributed by atoms with E-state index in [0.717, 1.165) is 18.4 Å². The minimum atomic E-state index is -0.0111. The first-order valence-electron chi connectivity index (χ1n) is 6.86. The van der Waals surface area contributed by atoms with Crippen LogP contribution in [0, 0.1) is 0 Å². The van der Waals surface area contributed by atoms with E-state index in [-0.39, 0.29) is 18.6 Å². The van der Waals surface area contributed by atoms with Crippen LogP contribution in [0.5, 0.6) is 0 Å². The smallest absolute Gasteiger partial charge is 0.248 e. The highest BCUT2D eigenvalue weighted by molar-refractivity contribution is 6.42. The Morgan fingerprint density at radius 2 is 2.00 bits per heavy atom. The first kappa shape index (κ1) is 15.6. The summed E-state index contributed by atoms with van der Waals surface area (Å²) in [6.45, 7) is 0.659.